The van der Waals surface area contributed by atoms with Crippen LogP contribution >= 0.6 is 11.6 Å². The van der Waals surface area contributed by atoms with E-state index in [4.69, 9.17) is 16.3 Å². The second-order valence-electron chi connectivity index (χ2n) is 4.56. The lowest BCUT2D eigenvalue weighted by molar-refractivity contribution is 0.131. The van der Waals surface area contributed by atoms with Crippen LogP contribution in [0.4, 0.5) is 5.82 Å². The standard InChI is InChI=1S/C13H19ClN2O/c1-16(7-8-17-10-11-5-6-11)13-4-2-3-12(9-14)15-13/h2-4,11H,5-10H2,1H3. The van der Waals surface area contributed by atoms with Crippen molar-refractivity contribution >= 4 is 17.4 Å². The van der Waals surface area contributed by atoms with Crippen LogP contribution in [0, 0.1) is 5.92 Å². The Labute approximate surface area is 108 Å². The van der Waals surface area contributed by atoms with Crippen molar-refractivity contribution in [3.05, 3.63) is 23.9 Å². The second kappa shape index (κ2) is 6.22. The number of hydrogen-bond acceptors (Lipinski definition) is 3. The van der Waals surface area contributed by atoms with E-state index in [1.807, 2.05) is 25.2 Å². The zero-order valence-corrected chi connectivity index (χ0v) is 11.0. The van der Waals surface area contributed by atoms with Crippen LogP contribution in [0.3, 0.4) is 0 Å². The molecule has 2 rings (SSSR count). The van der Waals surface area contributed by atoms with Crippen molar-refractivity contribution in [3.63, 3.8) is 0 Å². The lowest BCUT2D eigenvalue weighted by atomic mass is 10.3. The Kier molecular flexibility index (Phi) is 4.63. The number of halogens is 1. The summed E-state index contributed by atoms with van der Waals surface area (Å²) in [5, 5.41) is 0. The molecule has 0 spiro atoms. The van der Waals surface area contributed by atoms with Crippen LogP contribution in [0.15, 0.2) is 18.2 Å². The third-order valence-corrected chi connectivity index (χ3v) is 3.22. The van der Waals surface area contributed by atoms with E-state index in [0.717, 1.165) is 37.2 Å². The predicted octanol–water partition coefficient (Wildman–Crippen LogP) is 2.68. The number of alkyl halides is 1. The summed E-state index contributed by atoms with van der Waals surface area (Å²) in [4.78, 5) is 6.56. The zero-order valence-electron chi connectivity index (χ0n) is 10.2. The molecule has 94 valence electrons. The molecule has 4 heteroatoms. The van der Waals surface area contributed by atoms with Gasteiger partial charge in [-0.3, -0.25) is 0 Å². The Morgan fingerprint density at radius 2 is 2.29 bits per heavy atom. The molecule has 0 bridgehead atoms. The highest BCUT2D eigenvalue weighted by molar-refractivity contribution is 6.16. The highest BCUT2D eigenvalue weighted by Crippen LogP contribution is 2.28. The van der Waals surface area contributed by atoms with E-state index in [0.29, 0.717) is 5.88 Å². The fraction of sp³-hybridized carbons (Fsp3) is 0.615. The van der Waals surface area contributed by atoms with Crippen LogP contribution in [0.1, 0.15) is 18.5 Å². The molecule has 1 aliphatic carbocycles. The Bertz CT molecular complexity index is 355. The Hall–Kier alpha value is -0.800. The van der Waals surface area contributed by atoms with Gasteiger partial charge in [0, 0.05) is 20.2 Å². The number of rotatable bonds is 7. The first-order valence-corrected chi connectivity index (χ1v) is 6.64. The van der Waals surface area contributed by atoms with Gasteiger partial charge in [0.1, 0.15) is 5.82 Å². The van der Waals surface area contributed by atoms with E-state index in [2.05, 4.69) is 9.88 Å². The van der Waals surface area contributed by atoms with Crippen molar-refractivity contribution in [1.29, 1.82) is 0 Å². The van der Waals surface area contributed by atoms with Crippen molar-refractivity contribution in [2.45, 2.75) is 18.7 Å². The molecule has 0 atom stereocenters. The number of likely N-dealkylation sites (N-methyl/N-ethyl adjacent to an activating group) is 1. The molecule has 1 heterocycles. The first kappa shape index (κ1) is 12.7. The summed E-state index contributed by atoms with van der Waals surface area (Å²) in [6.45, 7) is 2.55. The van der Waals surface area contributed by atoms with E-state index in [1.165, 1.54) is 12.8 Å². The molecule has 0 radical (unpaired) electrons. The molecule has 1 fully saturated rings. The molecule has 0 unspecified atom stereocenters. The highest BCUT2D eigenvalue weighted by atomic mass is 35.5. The zero-order chi connectivity index (χ0) is 12.1. The maximum atomic E-state index is 5.77. The van der Waals surface area contributed by atoms with Gasteiger partial charge in [0.25, 0.3) is 0 Å². The van der Waals surface area contributed by atoms with Gasteiger partial charge in [0.2, 0.25) is 0 Å². The van der Waals surface area contributed by atoms with Crippen molar-refractivity contribution in [3.8, 4) is 0 Å². The van der Waals surface area contributed by atoms with Crippen LogP contribution in [-0.4, -0.2) is 31.8 Å². The molecule has 1 aromatic heterocycles. The largest absolute Gasteiger partial charge is 0.379 e. The summed E-state index contributed by atoms with van der Waals surface area (Å²) < 4.78 is 5.61. The Balaban J connectivity index is 1.74. The van der Waals surface area contributed by atoms with Gasteiger partial charge in [-0.2, -0.15) is 0 Å². The molecule has 0 amide bonds. The molecule has 1 aliphatic rings. The number of ether oxygens (including phenoxy) is 1. The normalized spacial score (nSPS) is 14.9. The third kappa shape index (κ3) is 4.17. The molecular weight excluding hydrogens is 236 g/mol. The van der Waals surface area contributed by atoms with Gasteiger partial charge in [0.05, 0.1) is 18.2 Å². The molecule has 0 aromatic carbocycles. The van der Waals surface area contributed by atoms with Gasteiger partial charge in [-0.15, -0.1) is 11.6 Å². The number of nitrogens with zero attached hydrogens (tertiary/aromatic N) is 2. The van der Waals surface area contributed by atoms with Gasteiger partial charge in [-0.05, 0) is 30.9 Å². The maximum Gasteiger partial charge on any atom is 0.128 e. The topological polar surface area (TPSA) is 25.4 Å². The van der Waals surface area contributed by atoms with Gasteiger partial charge in [0.15, 0.2) is 0 Å². The fourth-order valence-electron chi connectivity index (χ4n) is 1.60. The molecule has 3 nitrogen and oxygen atoms in total. The third-order valence-electron chi connectivity index (χ3n) is 2.94. The number of pyridine rings is 1. The smallest absolute Gasteiger partial charge is 0.128 e. The monoisotopic (exact) mass is 254 g/mol. The number of hydrogen-bond donors (Lipinski definition) is 0. The Morgan fingerprint density at radius 1 is 1.47 bits per heavy atom. The quantitative estimate of drug-likeness (QED) is 0.553. The summed E-state index contributed by atoms with van der Waals surface area (Å²) >= 11 is 5.77. The summed E-state index contributed by atoms with van der Waals surface area (Å²) in [6.07, 6.45) is 2.68. The molecule has 1 aromatic rings. The van der Waals surface area contributed by atoms with Crippen molar-refractivity contribution < 1.29 is 4.74 Å². The van der Waals surface area contributed by atoms with Crippen molar-refractivity contribution in [2.75, 3.05) is 31.7 Å². The number of anilines is 1. The van der Waals surface area contributed by atoms with Gasteiger partial charge < -0.3 is 9.64 Å². The van der Waals surface area contributed by atoms with E-state index < -0.39 is 0 Å². The highest BCUT2D eigenvalue weighted by Gasteiger charge is 2.20. The van der Waals surface area contributed by atoms with Crippen molar-refractivity contribution in [2.24, 2.45) is 5.92 Å². The molecule has 0 N–H and O–H groups in total. The van der Waals surface area contributed by atoms with E-state index >= 15 is 0 Å². The maximum absolute atomic E-state index is 5.77. The minimum atomic E-state index is 0.458. The SMILES string of the molecule is CN(CCOCC1CC1)c1cccc(CCl)n1. The lowest BCUT2D eigenvalue weighted by Crippen LogP contribution is -2.24. The first-order valence-electron chi connectivity index (χ1n) is 6.10. The van der Waals surface area contributed by atoms with E-state index in [1.54, 1.807) is 0 Å². The predicted molar refractivity (Wildman–Crippen MR) is 70.6 cm³/mol. The van der Waals surface area contributed by atoms with E-state index in [-0.39, 0.29) is 0 Å². The van der Waals surface area contributed by atoms with Crippen molar-refractivity contribution in [1.82, 2.24) is 4.98 Å². The van der Waals surface area contributed by atoms with Crippen LogP contribution < -0.4 is 4.90 Å². The molecule has 0 saturated heterocycles. The van der Waals surface area contributed by atoms with Crippen LogP contribution in [0.25, 0.3) is 0 Å². The average Bonchev–Trinajstić information content (AvgIpc) is 3.18. The molecule has 1 saturated carbocycles. The number of aromatic nitrogens is 1. The van der Waals surface area contributed by atoms with Crippen LogP contribution in [0.5, 0.6) is 0 Å². The summed E-state index contributed by atoms with van der Waals surface area (Å²) in [6, 6.07) is 5.92. The van der Waals surface area contributed by atoms with Gasteiger partial charge in [-0.1, -0.05) is 6.07 Å². The lowest BCUT2D eigenvalue weighted by Gasteiger charge is -2.18. The minimum absolute atomic E-state index is 0.458. The molecule has 17 heavy (non-hydrogen) atoms. The minimum Gasteiger partial charge on any atom is -0.379 e. The first-order chi connectivity index (χ1) is 8.29. The summed E-state index contributed by atoms with van der Waals surface area (Å²) in [5.74, 6) is 2.25. The van der Waals surface area contributed by atoms with Gasteiger partial charge in [-0.25, -0.2) is 4.98 Å². The Morgan fingerprint density at radius 3 is 3.00 bits per heavy atom. The summed E-state index contributed by atoms with van der Waals surface area (Å²) in [5.41, 5.74) is 0.912. The molecule has 0 aliphatic heterocycles. The van der Waals surface area contributed by atoms with Crippen LogP contribution in [0.2, 0.25) is 0 Å². The second-order valence-corrected chi connectivity index (χ2v) is 4.83. The van der Waals surface area contributed by atoms with Gasteiger partial charge >= 0.3 is 0 Å². The summed E-state index contributed by atoms with van der Waals surface area (Å²) in [7, 11) is 2.03. The molecular formula is C13H19ClN2O. The van der Waals surface area contributed by atoms with E-state index in [9.17, 15) is 0 Å². The average molecular weight is 255 g/mol. The van der Waals surface area contributed by atoms with Crippen LogP contribution in [-0.2, 0) is 10.6 Å². The fourth-order valence-corrected chi connectivity index (χ4v) is 1.75.